The number of rotatable bonds is 3. The van der Waals surface area contributed by atoms with Crippen molar-refractivity contribution < 1.29 is 0 Å². The smallest absolute Gasteiger partial charge is 0.309 e. The van der Waals surface area contributed by atoms with Crippen LogP contribution in [0.3, 0.4) is 0 Å². The maximum absolute atomic E-state index is 11.3. The number of aromatic nitrogens is 2. The highest BCUT2D eigenvalue weighted by molar-refractivity contribution is 6.35. The molecule has 0 saturated heterocycles. The quantitative estimate of drug-likeness (QED) is 0.691. The first-order chi connectivity index (χ1) is 10.1. The van der Waals surface area contributed by atoms with Gasteiger partial charge in [0.2, 0.25) is 0 Å². The topological polar surface area (TPSA) is 60.7 Å². The van der Waals surface area contributed by atoms with E-state index < -0.39 is 0 Å². The number of imidazole rings is 1. The molecule has 3 N–H and O–H groups in total. The van der Waals surface area contributed by atoms with E-state index in [0.717, 1.165) is 22.2 Å². The largest absolute Gasteiger partial charge is 0.323 e. The number of benzene rings is 2. The molecule has 4 nitrogen and oxygen atoms in total. The lowest BCUT2D eigenvalue weighted by atomic mass is 9.98. The molecule has 0 amide bonds. The highest BCUT2D eigenvalue weighted by atomic mass is 35.5. The zero-order valence-electron chi connectivity index (χ0n) is 11.2. The number of hydrogen-bond acceptors (Lipinski definition) is 2. The molecule has 0 saturated carbocycles. The van der Waals surface area contributed by atoms with Crippen molar-refractivity contribution in [3.63, 3.8) is 0 Å². The van der Waals surface area contributed by atoms with Crippen LogP contribution in [0.4, 0.5) is 0 Å². The summed E-state index contributed by atoms with van der Waals surface area (Å²) < 4.78 is 0. The van der Waals surface area contributed by atoms with Crippen LogP contribution in [-0.2, 0) is 0 Å². The first kappa shape index (κ1) is 14.2. The predicted molar refractivity (Wildman–Crippen MR) is 86.3 cm³/mol. The van der Waals surface area contributed by atoms with Gasteiger partial charge < -0.3 is 15.3 Å². The molecular formula is C15H13Cl2N3O. The molecule has 0 aliphatic rings. The number of hydrogen-bond donors (Lipinski definition) is 3. The fourth-order valence-electron chi connectivity index (χ4n) is 2.47. The molecule has 0 bridgehead atoms. The average molecular weight is 322 g/mol. The highest BCUT2D eigenvalue weighted by Crippen LogP contribution is 2.31. The maximum Gasteiger partial charge on any atom is 0.323 e. The summed E-state index contributed by atoms with van der Waals surface area (Å²) in [5.41, 5.74) is 3.27. The third-order valence-electron chi connectivity index (χ3n) is 3.44. The van der Waals surface area contributed by atoms with Crippen molar-refractivity contribution in [2.75, 3.05) is 7.05 Å². The van der Waals surface area contributed by atoms with Crippen LogP contribution in [0.1, 0.15) is 17.2 Å². The molecule has 1 aromatic heterocycles. The van der Waals surface area contributed by atoms with E-state index in [2.05, 4.69) is 15.3 Å². The molecule has 1 unspecified atom stereocenters. The van der Waals surface area contributed by atoms with Crippen LogP contribution in [0, 0.1) is 0 Å². The van der Waals surface area contributed by atoms with Crippen molar-refractivity contribution in [1.29, 1.82) is 0 Å². The van der Waals surface area contributed by atoms with Gasteiger partial charge in [0.25, 0.3) is 0 Å². The van der Waals surface area contributed by atoms with Crippen molar-refractivity contribution in [3.8, 4) is 0 Å². The Morgan fingerprint density at radius 2 is 1.81 bits per heavy atom. The average Bonchev–Trinajstić information content (AvgIpc) is 2.81. The van der Waals surface area contributed by atoms with E-state index >= 15 is 0 Å². The number of halogens is 2. The second-order valence-corrected chi connectivity index (χ2v) is 5.62. The van der Waals surface area contributed by atoms with Gasteiger partial charge in [0, 0.05) is 10.0 Å². The minimum Gasteiger partial charge on any atom is -0.309 e. The third-order valence-corrected chi connectivity index (χ3v) is 4.00. The lowest BCUT2D eigenvalue weighted by Crippen LogP contribution is -2.18. The molecule has 1 heterocycles. The Labute approximate surface area is 131 Å². The summed E-state index contributed by atoms with van der Waals surface area (Å²) in [6, 6.07) is 11.1. The predicted octanol–water partition coefficient (Wildman–Crippen LogP) is 3.47. The monoisotopic (exact) mass is 321 g/mol. The van der Waals surface area contributed by atoms with Gasteiger partial charge in [0.05, 0.1) is 17.1 Å². The van der Waals surface area contributed by atoms with Crippen molar-refractivity contribution >= 4 is 34.2 Å². The molecule has 2 aromatic carbocycles. The maximum atomic E-state index is 11.3. The third kappa shape index (κ3) is 2.70. The van der Waals surface area contributed by atoms with Gasteiger partial charge in [-0.05, 0) is 42.4 Å². The van der Waals surface area contributed by atoms with Gasteiger partial charge in [-0.3, -0.25) is 0 Å². The van der Waals surface area contributed by atoms with Gasteiger partial charge in [0.1, 0.15) is 0 Å². The van der Waals surface area contributed by atoms with Gasteiger partial charge in [-0.25, -0.2) is 4.79 Å². The SMILES string of the molecule is CNC(c1ccc2[nH]c(=O)[nH]c2c1)c1ccc(Cl)cc1Cl. The molecule has 6 heteroatoms. The molecule has 0 radical (unpaired) electrons. The Morgan fingerprint density at radius 1 is 1.05 bits per heavy atom. The minimum absolute atomic E-state index is 0.0856. The van der Waals surface area contributed by atoms with Gasteiger partial charge >= 0.3 is 5.69 Å². The number of fused-ring (bicyclic) bond motifs is 1. The molecule has 0 spiro atoms. The van der Waals surface area contributed by atoms with Gasteiger partial charge in [-0.2, -0.15) is 0 Å². The second kappa shape index (κ2) is 5.56. The van der Waals surface area contributed by atoms with E-state index in [1.165, 1.54) is 0 Å². The van der Waals surface area contributed by atoms with Crippen LogP contribution in [0.2, 0.25) is 10.0 Å². The van der Waals surface area contributed by atoms with Gasteiger partial charge in [-0.15, -0.1) is 0 Å². The molecule has 1 atom stereocenters. The first-order valence-electron chi connectivity index (χ1n) is 6.42. The van der Waals surface area contributed by atoms with Crippen molar-refractivity contribution in [2.24, 2.45) is 0 Å². The number of nitrogens with one attached hydrogen (secondary N) is 3. The summed E-state index contributed by atoms with van der Waals surface area (Å²) in [6.45, 7) is 0. The summed E-state index contributed by atoms with van der Waals surface area (Å²) in [4.78, 5) is 16.8. The summed E-state index contributed by atoms with van der Waals surface area (Å²) in [5.74, 6) is 0. The van der Waals surface area contributed by atoms with E-state index in [0.29, 0.717) is 10.0 Å². The standard InChI is InChI=1S/C15H13Cl2N3O/c1-18-14(10-4-3-9(16)7-11(10)17)8-2-5-12-13(6-8)20-15(21)19-12/h2-7,14,18H,1H3,(H2,19,20,21). The first-order valence-corrected chi connectivity index (χ1v) is 7.18. The Morgan fingerprint density at radius 3 is 2.52 bits per heavy atom. The summed E-state index contributed by atoms with van der Waals surface area (Å²) in [7, 11) is 1.86. The van der Waals surface area contributed by atoms with Crippen molar-refractivity contribution in [1.82, 2.24) is 15.3 Å². The van der Waals surface area contributed by atoms with Crippen LogP contribution in [0.15, 0.2) is 41.2 Å². The van der Waals surface area contributed by atoms with Gasteiger partial charge in [0.15, 0.2) is 0 Å². The highest BCUT2D eigenvalue weighted by Gasteiger charge is 2.16. The van der Waals surface area contributed by atoms with E-state index in [-0.39, 0.29) is 11.7 Å². The summed E-state index contributed by atoms with van der Waals surface area (Å²) in [6.07, 6.45) is 0. The zero-order valence-corrected chi connectivity index (χ0v) is 12.7. The minimum atomic E-state index is -0.215. The Hall–Kier alpha value is -1.75. The van der Waals surface area contributed by atoms with Crippen molar-refractivity contribution in [3.05, 3.63) is 68.1 Å². The molecule has 3 rings (SSSR count). The molecule has 21 heavy (non-hydrogen) atoms. The summed E-state index contributed by atoms with van der Waals surface area (Å²) >= 11 is 12.2. The fraction of sp³-hybridized carbons (Fsp3) is 0.133. The van der Waals surface area contributed by atoms with E-state index in [1.807, 2.05) is 37.4 Å². The molecule has 0 aliphatic heterocycles. The molecule has 0 fully saturated rings. The second-order valence-electron chi connectivity index (χ2n) is 4.77. The fourth-order valence-corrected chi connectivity index (χ4v) is 2.98. The zero-order chi connectivity index (χ0) is 15.0. The van der Waals surface area contributed by atoms with Gasteiger partial charge in [-0.1, -0.05) is 35.3 Å². The van der Waals surface area contributed by atoms with Crippen LogP contribution in [-0.4, -0.2) is 17.0 Å². The Balaban J connectivity index is 2.10. The molecule has 3 aromatic rings. The van der Waals surface area contributed by atoms with E-state index in [9.17, 15) is 4.79 Å². The van der Waals surface area contributed by atoms with Crippen LogP contribution in [0.25, 0.3) is 11.0 Å². The lowest BCUT2D eigenvalue weighted by Gasteiger charge is -2.18. The molecule has 0 aliphatic carbocycles. The normalized spacial score (nSPS) is 12.7. The molecule has 108 valence electrons. The van der Waals surface area contributed by atoms with Crippen LogP contribution < -0.4 is 11.0 Å². The van der Waals surface area contributed by atoms with Crippen molar-refractivity contribution in [2.45, 2.75) is 6.04 Å². The number of aromatic amines is 2. The summed E-state index contributed by atoms with van der Waals surface area (Å²) in [5, 5.41) is 4.44. The number of H-pyrrole nitrogens is 2. The van der Waals surface area contributed by atoms with Crippen LogP contribution >= 0.6 is 23.2 Å². The Bertz CT molecular complexity index is 853. The van der Waals surface area contributed by atoms with Crippen LogP contribution in [0.5, 0.6) is 0 Å². The van der Waals surface area contributed by atoms with E-state index in [4.69, 9.17) is 23.2 Å². The lowest BCUT2D eigenvalue weighted by molar-refractivity contribution is 0.693. The Kier molecular flexibility index (Phi) is 3.76. The van der Waals surface area contributed by atoms with E-state index in [1.54, 1.807) is 6.07 Å². The molecular weight excluding hydrogens is 309 g/mol.